The molecule has 0 spiro atoms. The van der Waals surface area contributed by atoms with E-state index in [0.717, 1.165) is 21.9 Å². The highest BCUT2D eigenvalue weighted by atomic mass is 32.1. The maximum Gasteiger partial charge on any atom is 0.265 e. The van der Waals surface area contributed by atoms with Crippen LogP contribution in [0.4, 0.5) is 5.69 Å². The van der Waals surface area contributed by atoms with Gasteiger partial charge in [-0.3, -0.25) is 4.79 Å². The number of thiophene rings is 1. The molecule has 8 heteroatoms. The Morgan fingerprint density at radius 1 is 1.03 bits per heavy atom. The highest BCUT2D eigenvalue weighted by Gasteiger charge is 2.17. The second-order valence-electron chi connectivity index (χ2n) is 6.66. The maximum absolute atomic E-state index is 12.9. The summed E-state index contributed by atoms with van der Waals surface area (Å²) in [7, 11) is 0. The van der Waals surface area contributed by atoms with Gasteiger partial charge in [0.05, 0.1) is 10.6 Å². The largest absolute Gasteiger partial charge is 0.486 e. The predicted molar refractivity (Wildman–Crippen MR) is 113 cm³/mol. The van der Waals surface area contributed by atoms with E-state index in [4.69, 9.17) is 14.0 Å². The minimum absolute atomic E-state index is 0.198. The maximum atomic E-state index is 12.9. The number of aromatic nitrogens is 2. The van der Waals surface area contributed by atoms with E-state index in [1.807, 2.05) is 54.6 Å². The molecule has 0 radical (unpaired) electrons. The van der Waals surface area contributed by atoms with E-state index in [2.05, 4.69) is 15.5 Å². The number of para-hydroxylation sites is 1. The summed E-state index contributed by atoms with van der Waals surface area (Å²) in [6, 6.07) is 16.9. The standard InChI is InChI=1S/C22H17N3O4S/c1-13-23-21(25-29-13)15-4-2-3-5-16(15)24-22(26)20-9-8-19(30-20)14-6-7-17-18(12-14)28-11-10-27-17/h2-9,12H,10-11H2,1H3,(H,24,26). The van der Waals surface area contributed by atoms with Crippen molar-refractivity contribution in [1.29, 1.82) is 0 Å². The lowest BCUT2D eigenvalue weighted by Crippen LogP contribution is -2.15. The molecule has 5 rings (SSSR count). The van der Waals surface area contributed by atoms with Crippen LogP contribution >= 0.6 is 11.3 Å². The van der Waals surface area contributed by atoms with E-state index in [1.54, 1.807) is 6.92 Å². The highest BCUT2D eigenvalue weighted by molar-refractivity contribution is 7.17. The second kappa shape index (κ2) is 7.64. The molecule has 3 heterocycles. The zero-order valence-corrected chi connectivity index (χ0v) is 16.9. The number of carbonyl (C=O) groups excluding carboxylic acids is 1. The molecule has 1 aliphatic heterocycles. The summed E-state index contributed by atoms with van der Waals surface area (Å²) in [4.78, 5) is 18.7. The van der Waals surface area contributed by atoms with Crippen molar-refractivity contribution in [2.75, 3.05) is 18.5 Å². The fraction of sp³-hybridized carbons (Fsp3) is 0.136. The Morgan fingerprint density at radius 3 is 2.70 bits per heavy atom. The number of hydrogen-bond acceptors (Lipinski definition) is 7. The van der Waals surface area contributed by atoms with Crippen LogP contribution < -0.4 is 14.8 Å². The van der Waals surface area contributed by atoms with E-state index in [-0.39, 0.29) is 5.91 Å². The molecular weight excluding hydrogens is 402 g/mol. The molecule has 0 bridgehead atoms. The van der Waals surface area contributed by atoms with Crippen molar-refractivity contribution in [2.24, 2.45) is 0 Å². The topological polar surface area (TPSA) is 86.5 Å². The second-order valence-corrected chi connectivity index (χ2v) is 7.74. The van der Waals surface area contributed by atoms with E-state index in [9.17, 15) is 4.79 Å². The van der Waals surface area contributed by atoms with Crippen molar-refractivity contribution in [3.63, 3.8) is 0 Å². The summed E-state index contributed by atoms with van der Waals surface area (Å²) in [6.45, 7) is 2.82. The molecule has 1 amide bonds. The van der Waals surface area contributed by atoms with Crippen LogP contribution in [0.1, 0.15) is 15.6 Å². The van der Waals surface area contributed by atoms with Gasteiger partial charge >= 0.3 is 0 Å². The molecule has 0 saturated heterocycles. The summed E-state index contributed by atoms with van der Waals surface area (Å²) in [5.41, 5.74) is 2.30. The minimum Gasteiger partial charge on any atom is -0.486 e. The Hall–Kier alpha value is -3.65. The van der Waals surface area contributed by atoms with Gasteiger partial charge in [0.25, 0.3) is 5.91 Å². The molecule has 0 fully saturated rings. The lowest BCUT2D eigenvalue weighted by Gasteiger charge is -2.18. The number of hydrogen-bond donors (Lipinski definition) is 1. The van der Waals surface area contributed by atoms with Crippen LogP contribution in [-0.2, 0) is 0 Å². The number of carbonyl (C=O) groups is 1. The Labute approximate surface area is 176 Å². The Bertz CT molecular complexity index is 1230. The first kappa shape index (κ1) is 18.4. The lowest BCUT2D eigenvalue weighted by molar-refractivity contribution is 0.103. The van der Waals surface area contributed by atoms with Crippen LogP contribution in [0.15, 0.2) is 59.1 Å². The van der Waals surface area contributed by atoms with Crippen molar-refractivity contribution in [3.05, 3.63) is 65.4 Å². The molecular formula is C22H17N3O4S. The van der Waals surface area contributed by atoms with Crippen molar-refractivity contribution >= 4 is 22.9 Å². The lowest BCUT2D eigenvalue weighted by atomic mass is 10.1. The molecule has 2 aromatic heterocycles. The first-order chi connectivity index (χ1) is 14.7. The summed E-state index contributed by atoms with van der Waals surface area (Å²) in [5.74, 6) is 2.17. The average molecular weight is 419 g/mol. The van der Waals surface area contributed by atoms with E-state index in [1.165, 1.54) is 11.3 Å². The predicted octanol–water partition coefficient (Wildman–Crippen LogP) is 4.80. The van der Waals surface area contributed by atoms with Crippen LogP contribution in [0.3, 0.4) is 0 Å². The normalized spacial score (nSPS) is 12.6. The van der Waals surface area contributed by atoms with E-state index in [0.29, 0.717) is 41.1 Å². The zero-order valence-electron chi connectivity index (χ0n) is 16.0. The van der Waals surface area contributed by atoms with Gasteiger partial charge in [-0.25, -0.2) is 0 Å². The molecule has 150 valence electrons. The van der Waals surface area contributed by atoms with Gasteiger partial charge in [0, 0.05) is 17.4 Å². The van der Waals surface area contributed by atoms with E-state index < -0.39 is 0 Å². The van der Waals surface area contributed by atoms with Crippen LogP contribution in [-0.4, -0.2) is 29.3 Å². The van der Waals surface area contributed by atoms with Gasteiger partial charge in [0.15, 0.2) is 11.5 Å². The van der Waals surface area contributed by atoms with Crippen LogP contribution in [0.2, 0.25) is 0 Å². The quantitative estimate of drug-likeness (QED) is 0.511. The number of amides is 1. The molecule has 0 saturated carbocycles. The molecule has 1 N–H and O–H groups in total. The first-order valence-electron chi connectivity index (χ1n) is 9.38. The van der Waals surface area contributed by atoms with Gasteiger partial charge in [0.1, 0.15) is 13.2 Å². The Morgan fingerprint density at radius 2 is 1.87 bits per heavy atom. The fourth-order valence-electron chi connectivity index (χ4n) is 3.19. The van der Waals surface area contributed by atoms with Gasteiger partial charge in [-0.15, -0.1) is 11.3 Å². The van der Waals surface area contributed by atoms with Crippen LogP contribution in [0.25, 0.3) is 21.8 Å². The van der Waals surface area contributed by atoms with Gasteiger partial charge in [-0.2, -0.15) is 4.98 Å². The molecule has 4 aromatic rings. The van der Waals surface area contributed by atoms with Crippen molar-refractivity contribution in [3.8, 4) is 33.3 Å². The van der Waals surface area contributed by atoms with Gasteiger partial charge in [-0.1, -0.05) is 17.3 Å². The van der Waals surface area contributed by atoms with Crippen LogP contribution in [0.5, 0.6) is 11.5 Å². The first-order valence-corrected chi connectivity index (χ1v) is 10.2. The third-order valence-electron chi connectivity index (χ3n) is 4.60. The summed E-state index contributed by atoms with van der Waals surface area (Å²) in [5, 5.41) is 6.90. The molecule has 0 aliphatic carbocycles. The monoisotopic (exact) mass is 419 g/mol. The summed E-state index contributed by atoms with van der Waals surface area (Å²) in [6.07, 6.45) is 0. The number of aryl methyl sites for hydroxylation is 1. The molecule has 2 aromatic carbocycles. The van der Waals surface area contributed by atoms with Crippen LogP contribution in [0, 0.1) is 6.92 Å². The number of rotatable bonds is 4. The van der Waals surface area contributed by atoms with Crippen molar-refractivity contribution in [2.45, 2.75) is 6.92 Å². The van der Waals surface area contributed by atoms with Gasteiger partial charge in [0.2, 0.25) is 11.7 Å². The molecule has 0 unspecified atom stereocenters. The number of ether oxygens (including phenoxy) is 2. The number of anilines is 1. The molecule has 1 aliphatic rings. The average Bonchev–Trinajstić information content (AvgIpc) is 3.43. The molecule has 0 atom stereocenters. The zero-order chi connectivity index (χ0) is 20.5. The molecule has 7 nitrogen and oxygen atoms in total. The third kappa shape index (κ3) is 3.53. The third-order valence-corrected chi connectivity index (χ3v) is 5.73. The van der Waals surface area contributed by atoms with Gasteiger partial charge in [-0.05, 0) is 48.0 Å². The van der Waals surface area contributed by atoms with Crippen molar-refractivity contribution in [1.82, 2.24) is 10.1 Å². The highest BCUT2D eigenvalue weighted by Crippen LogP contribution is 2.37. The summed E-state index contributed by atoms with van der Waals surface area (Å²) < 4.78 is 16.3. The minimum atomic E-state index is -0.198. The molecule has 30 heavy (non-hydrogen) atoms. The number of nitrogens with zero attached hydrogens (tertiary/aromatic N) is 2. The number of benzene rings is 2. The number of nitrogens with one attached hydrogen (secondary N) is 1. The Balaban J connectivity index is 1.38. The van der Waals surface area contributed by atoms with Gasteiger partial charge < -0.3 is 19.3 Å². The SMILES string of the molecule is Cc1nc(-c2ccccc2NC(=O)c2ccc(-c3ccc4c(c3)OCCO4)s2)no1. The Kier molecular flexibility index (Phi) is 4.68. The summed E-state index contributed by atoms with van der Waals surface area (Å²) >= 11 is 1.41. The number of fused-ring (bicyclic) bond motifs is 1. The van der Waals surface area contributed by atoms with Crippen molar-refractivity contribution < 1.29 is 18.8 Å². The van der Waals surface area contributed by atoms with E-state index >= 15 is 0 Å². The fourth-order valence-corrected chi connectivity index (χ4v) is 4.09. The smallest absolute Gasteiger partial charge is 0.265 e.